The molecule has 2 heterocycles. The van der Waals surface area contributed by atoms with Crippen molar-refractivity contribution >= 4 is 33.0 Å². The standard InChI is InChI=1S/C20H21ClN2O3S/c1-14-5-4-7-16(9-14)23-19-13-27(25,26)12-18(19)22(11-20(23)24)10-15-6-2-3-8-17(15)21/h2-9,18-19H,10-13H2,1H3/t18-,19+/m0/s1. The summed E-state index contributed by atoms with van der Waals surface area (Å²) in [6.07, 6.45) is 0. The minimum atomic E-state index is -3.21. The Balaban J connectivity index is 1.69. The van der Waals surface area contributed by atoms with E-state index >= 15 is 0 Å². The lowest BCUT2D eigenvalue weighted by molar-refractivity contribution is -0.123. The van der Waals surface area contributed by atoms with E-state index in [0.29, 0.717) is 11.6 Å². The van der Waals surface area contributed by atoms with Crippen LogP contribution >= 0.6 is 11.6 Å². The highest BCUT2D eigenvalue weighted by Crippen LogP contribution is 2.33. The molecule has 2 aliphatic heterocycles. The molecule has 2 aliphatic rings. The highest BCUT2D eigenvalue weighted by atomic mass is 35.5. The molecule has 0 aliphatic carbocycles. The molecule has 5 nitrogen and oxygen atoms in total. The predicted molar refractivity (Wildman–Crippen MR) is 107 cm³/mol. The Hall–Kier alpha value is -1.89. The van der Waals surface area contributed by atoms with Gasteiger partial charge in [0.25, 0.3) is 0 Å². The first-order valence-electron chi connectivity index (χ1n) is 8.91. The number of sulfone groups is 1. The summed E-state index contributed by atoms with van der Waals surface area (Å²) < 4.78 is 24.8. The van der Waals surface area contributed by atoms with Crippen LogP contribution in [0, 0.1) is 6.92 Å². The third-order valence-corrected chi connectivity index (χ3v) is 7.38. The molecule has 0 radical (unpaired) electrons. The maximum Gasteiger partial charge on any atom is 0.241 e. The summed E-state index contributed by atoms with van der Waals surface area (Å²) in [6, 6.07) is 14.5. The monoisotopic (exact) mass is 404 g/mol. The molecule has 0 saturated carbocycles. The lowest BCUT2D eigenvalue weighted by Crippen LogP contribution is -2.61. The fraction of sp³-hybridized carbons (Fsp3) is 0.350. The number of piperazine rings is 1. The molecule has 2 atom stereocenters. The summed E-state index contributed by atoms with van der Waals surface area (Å²) in [7, 11) is -3.21. The third-order valence-electron chi connectivity index (χ3n) is 5.31. The summed E-state index contributed by atoms with van der Waals surface area (Å²) in [6.45, 7) is 2.60. The zero-order chi connectivity index (χ0) is 19.2. The molecular weight excluding hydrogens is 384 g/mol. The molecule has 2 fully saturated rings. The molecule has 0 spiro atoms. The van der Waals surface area contributed by atoms with Gasteiger partial charge in [0, 0.05) is 23.3 Å². The van der Waals surface area contributed by atoms with E-state index in [0.717, 1.165) is 16.8 Å². The summed E-state index contributed by atoms with van der Waals surface area (Å²) in [4.78, 5) is 16.7. The highest BCUT2D eigenvalue weighted by Gasteiger charge is 2.49. The summed E-state index contributed by atoms with van der Waals surface area (Å²) in [5, 5.41) is 0.628. The number of carbonyl (C=O) groups is 1. The van der Waals surface area contributed by atoms with Crippen LogP contribution < -0.4 is 4.90 Å². The normalized spacial score (nSPS) is 24.8. The quantitative estimate of drug-likeness (QED) is 0.789. The second-order valence-corrected chi connectivity index (χ2v) is 9.87. The minimum absolute atomic E-state index is 0.00360. The van der Waals surface area contributed by atoms with Gasteiger partial charge in [0.1, 0.15) is 0 Å². The molecule has 2 aromatic rings. The fourth-order valence-electron chi connectivity index (χ4n) is 4.09. The highest BCUT2D eigenvalue weighted by molar-refractivity contribution is 7.91. The molecule has 142 valence electrons. The number of halogens is 1. The second-order valence-electron chi connectivity index (χ2n) is 7.31. The van der Waals surface area contributed by atoms with Gasteiger partial charge in [-0.05, 0) is 36.2 Å². The van der Waals surface area contributed by atoms with Gasteiger partial charge in [0.2, 0.25) is 5.91 Å². The molecule has 2 saturated heterocycles. The predicted octanol–water partition coefficient (Wildman–Crippen LogP) is 2.66. The van der Waals surface area contributed by atoms with Gasteiger partial charge in [-0.2, -0.15) is 0 Å². The number of hydrogen-bond donors (Lipinski definition) is 0. The molecule has 2 aromatic carbocycles. The number of carbonyl (C=O) groups excluding carboxylic acids is 1. The SMILES string of the molecule is Cc1cccc(N2C(=O)CN(Cc3ccccc3Cl)[C@H]3CS(=O)(=O)C[C@H]32)c1. The zero-order valence-corrected chi connectivity index (χ0v) is 16.6. The maximum absolute atomic E-state index is 13.0. The first-order valence-corrected chi connectivity index (χ1v) is 11.1. The van der Waals surface area contributed by atoms with E-state index in [1.807, 2.05) is 60.4 Å². The number of amides is 1. The van der Waals surface area contributed by atoms with Crippen LogP contribution in [0.25, 0.3) is 0 Å². The Morgan fingerprint density at radius 1 is 1.07 bits per heavy atom. The van der Waals surface area contributed by atoms with Crippen molar-refractivity contribution in [3.63, 3.8) is 0 Å². The Kier molecular flexibility index (Phi) is 4.74. The minimum Gasteiger partial charge on any atom is -0.306 e. The van der Waals surface area contributed by atoms with Crippen LogP contribution in [-0.2, 0) is 21.2 Å². The Labute approximate surface area is 164 Å². The van der Waals surface area contributed by atoms with Crippen LogP contribution in [0.3, 0.4) is 0 Å². The average molecular weight is 405 g/mol. The van der Waals surface area contributed by atoms with Gasteiger partial charge in [0.05, 0.1) is 24.1 Å². The Bertz CT molecular complexity index is 992. The van der Waals surface area contributed by atoms with E-state index in [-0.39, 0.29) is 36.0 Å². The van der Waals surface area contributed by atoms with E-state index in [2.05, 4.69) is 0 Å². The largest absolute Gasteiger partial charge is 0.306 e. The number of nitrogens with zero attached hydrogens (tertiary/aromatic N) is 2. The van der Waals surface area contributed by atoms with Gasteiger partial charge in [-0.15, -0.1) is 0 Å². The van der Waals surface area contributed by atoms with Crippen LogP contribution in [0.4, 0.5) is 5.69 Å². The second kappa shape index (κ2) is 6.93. The molecule has 27 heavy (non-hydrogen) atoms. The molecule has 0 N–H and O–H groups in total. The van der Waals surface area contributed by atoms with Crippen LogP contribution in [-0.4, -0.2) is 49.4 Å². The molecule has 0 bridgehead atoms. The molecule has 0 unspecified atom stereocenters. The van der Waals surface area contributed by atoms with E-state index in [1.165, 1.54) is 0 Å². The van der Waals surface area contributed by atoms with Gasteiger partial charge >= 0.3 is 0 Å². The smallest absolute Gasteiger partial charge is 0.241 e. The topological polar surface area (TPSA) is 57.7 Å². The summed E-state index contributed by atoms with van der Waals surface area (Å²) in [5.74, 6) is -0.0142. The molecule has 7 heteroatoms. The van der Waals surface area contributed by atoms with Crippen LogP contribution in [0.1, 0.15) is 11.1 Å². The van der Waals surface area contributed by atoms with Gasteiger partial charge in [-0.1, -0.05) is 41.9 Å². The number of anilines is 1. The number of benzene rings is 2. The number of aryl methyl sites for hydroxylation is 1. The van der Waals surface area contributed by atoms with E-state index in [4.69, 9.17) is 11.6 Å². The van der Waals surface area contributed by atoms with Gasteiger partial charge in [-0.3, -0.25) is 9.69 Å². The first kappa shape index (κ1) is 18.5. The molecule has 1 amide bonds. The summed E-state index contributed by atoms with van der Waals surface area (Å²) >= 11 is 6.28. The van der Waals surface area contributed by atoms with Crippen molar-refractivity contribution in [2.45, 2.75) is 25.6 Å². The van der Waals surface area contributed by atoms with Crippen molar-refractivity contribution in [1.29, 1.82) is 0 Å². The molecule has 0 aromatic heterocycles. The van der Waals surface area contributed by atoms with Gasteiger partial charge in [-0.25, -0.2) is 8.42 Å². The number of fused-ring (bicyclic) bond motifs is 1. The van der Waals surface area contributed by atoms with Crippen molar-refractivity contribution in [3.8, 4) is 0 Å². The molecule has 4 rings (SSSR count). The lowest BCUT2D eigenvalue weighted by atomic mass is 10.0. The van der Waals surface area contributed by atoms with Crippen LogP contribution in [0.2, 0.25) is 5.02 Å². The number of hydrogen-bond acceptors (Lipinski definition) is 4. The third kappa shape index (κ3) is 3.61. The number of rotatable bonds is 3. The van der Waals surface area contributed by atoms with Crippen LogP contribution in [0.5, 0.6) is 0 Å². The van der Waals surface area contributed by atoms with Crippen LogP contribution in [0.15, 0.2) is 48.5 Å². The fourth-order valence-corrected chi connectivity index (χ4v) is 6.27. The van der Waals surface area contributed by atoms with Crippen molar-refractivity contribution < 1.29 is 13.2 Å². The Morgan fingerprint density at radius 3 is 2.56 bits per heavy atom. The Morgan fingerprint density at radius 2 is 1.81 bits per heavy atom. The lowest BCUT2D eigenvalue weighted by Gasteiger charge is -2.43. The molecular formula is C20H21ClN2O3S. The van der Waals surface area contributed by atoms with E-state index in [1.54, 1.807) is 4.90 Å². The average Bonchev–Trinajstić information content (AvgIpc) is 2.92. The van der Waals surface area contributed by atoms with Crippen molar-refractivity contribution in [2.75, 3.05) is 23.0 Å². The van der Waals surface area contributed by atoms with E-state index < -0.39 is 9.84 Å². The van der Waals surface area contributed by atoms with Gasteiger partial charge < -0.3 is 4.90 Å². The zero-order valence-electron chi connectivity index (χ0n) is 15.0. The first-order chi connectivity index (χ1) is 12.8. The van der Waals surface area contributed by atoms with Crippen molar-refractivity contribution in [3.05, 3.63) is 64.7 Å². The van der Waals surface area contributed by atoms with Crippen molar-refractivity contribution in [1.82, 2.24) is 4.90 Å². The van der Waals surface area contributed by atoms with Gasteiger partial charge in [0.15, 0.2) is 9.84 Å². The van der Waals surface area contributed by atoms with E-state index in [9.17, 15) is 13.2 Å². The summed E-state index contributed by atoms with van der Waals surface area (Å²) in [5.41, 5.74) is 2.71. The maximum atomic E-state index is 13.0. The van der Waals surface area contributed by atoms with Crippen molar-refractivity contribution in [2.24, 2.45) is 0 Å².